The highest BCUT2D eigenvalue weighted by Crippen LogP contribution is 2.35. The van der Waals surface area contributed by atoms with E-state index in [0.717, 1.165) is 34.9 Å². The predicted molar refractivity (Wildman–Crippen MR) is 95.5 cm³/mol. The number of aromatic amines is 1. The smallest absolute Gasteiger partial charge is 0.251 e. The molecule has 0 saturated carbocycles. The fourth-order valence-corrected chi connectivity index (χ4v) is 3.78. The van der Waals surface area contributed by atoms with E-state index in [1.165, 1.54) is 35.2 Å². The summed E-state index contributed by atoms with van der Waals surface area (Å²) in [7, 11) is 0. The Hall–Kier alpha value is -2.14. The van der Waals surface area contributed by atoms with Crippen molar-refractivity contribution in [2.24, 2.45) is 0 Å². The average molecular weight is 387 g/mol. The summed E-state index contributed by atoms with van der Waals surface area (Å²) in [6.07, 6.45) is 2.93. The number of carbonyl (C=O) groups is 1. The normalized spacial score (nSPS) is 16.8. The number of amides is 1. The van der Waals surface area contributed by atoms with Crippen LogP contribution in [0.4, 0.5) is 4.39 Å². The van der Waals surface area contributed by atoms with Crippen molar-refractivity contribution in [3.63, 3.8) is 0 Å². The number of hydrogen-bond donors (Lipinski definition) is 2. The zero-order chi connectivity index (χ0) is 16.7. The molecule has 2 N–H and O–H groups in total. The van der Waals surface area contributed by atoms with Crippen molar-refractivity contribution < 1.29 is 9.18 Å². The first-order chi connectivity index (χ1) is 11.6. The number of aryl methyl sites for hydroxylation is 1. The summed E-state index contributed by atoms with van der Waals surface area (Å²) in [4.78, 5) is 15.9. The van der Waals surface area contributed by atoms with Crippen LogP contribution in [-0.4, -0.2) is 10.9 Å². The van der Waals surface area contributed by atoms with Crippen LogP contribution in [0.3, 0.4) is 0 Å². The van der Waals surface area contributed by atoms with Crippen LogP contribution < -0.4 is 5.32 Å². The molecule has 1 aliphatic carbocycles. The maximum Gasteiger partial charge on any atom is 0.251 e. The zero-order valence-electron chi connectivity index (χ0n) is 12.9. The number of carbonyl (C=O) groups excluding carboxylic acids is 1. The van der Waals surface area contributed by atoms with Gasteiger partial charge in [-0.25, -0.2) is 4.39 Å². The average Bonchev–Trinajstić information content (AvgIpc) is 2.94. The standard InChI is InChI=1S/C19H16BrFN2O/c20-12-6-9-16-15(10-12)14-2-1-3-17(18(14)22-16)23-19(24)11-4-7-13(21)8-5-11/h4-10,17,22H,1-3H2,(H,23,24)/t17-/m1/s1. The molecular weight excluding hydrogens is 371 g/mol. The second-order valence-electron chi connectivity index (χ2n) is 6.13. The molecule has 1 aromatic heterocycles. The van der Waals surface area contributed by atoms with Crippen molar-refractivity contribution in [2.45, 2.75) is 25.3 Å². The van der Waals surface area contributed by atoms with Gasteiger partial charge in [0.2, 0.25) is 0 Å². The molecule has 0 fully saturated rings. The van der Waals surface area contributed by atoms with Gasteiger partial charge >= 0.3 is 0 Å². The molecule has 0 spiro atoms. The number of benzene rings is 2. The third-order valence-electron chi connectivity index (χ3n) is 4.58. The van der Waals surface area contributed by atoms with Crippen LogP contribution in [0.25, 0.3) is 10.9 Å². The zero-order valence-corrected chi connectivity index (χ0v) is 14.5. The van der Waals surface area contributed by atoms with E-state index in [2.05, 4.69) is 38.4 Å². The summed E-state index contributed by atoms with van der Waals surface area (Å²) in [5.74, 6) is -0.514. The number of fused-ring (bicyclic) bond motifs is 3. The maximum atomic E-state index is 13.0. The van der Waals surface area contributed by atoms with Crippen molar-refractivity contribution in [3.8, 4) is 0 Å². The molecule has 1 amide bonds. The summed E-state index contributed by atoms with van der Waals surface area (Å²) in [6, 6.07) is 11.8. The van der Waals surface area contributed by atoms with E-state index in [1.54, 1.807) is 0 Å². The third kappa shape index (κ3) is 2.73. The van der Waals surface area contributed by atoms with E-state index in [1.807, 2.05) is 6.07 Å². The van der Waals surface area contributed by atoms with Crippen molar-refractivity contribution >= 4 is 32.7 Å². The summed E-state index contributed by atoms with van der Waals surface area (Å²) in [6.45, 7) is 0. The molecule has 1 atom stereocenters. The first kappa shape index (κ1) is 15.4. The van der Waals surface area contributed by atoms with Gasteiger partial charge in [-0.1, -0.05) is 15.9 Å². The molecule has 1 aliphatic rings. The molecule has 5 heteroatoms. The van der Waals surface area contributed by atoms with Gasteiger partial charge in [0.1, 0.15) is 5.82 Å². The van der Waals surface area contributed by atoms with Gasteiger partial charge in [0, 0.05) is 26.6 Å². The fraction of sp³-hybridized carbons (Fsp3) is 0.211. The predicted octanol–water partition coefficient (Wildman–Crippen LogP) is 4.88. The minimum atomic E-state index is -0.340. The monoisotopic (exact) mass is 386 g/mol. The molecule has 3 aromatic rings. The van der Waals surface area contributed by atoms with E-state index in [4.69, 9.17) is 0 Å². The summed E-state index contributed by atoms with van der Waals surface area (Å²) < 4.78 is 14.1. The van der Waals surface area contributed by atoms with Gasteiger partial charge in [-0.3, -0.25) is 4.79 Å². The Morgan fingerprint density at radius 1 is 1.21 bits per heavy atom. The second-order valence-corrected chi connectivity index (χ2v) is 7.05. The third-order valence-corrected chi connectivity index (χ3v) is 5.07. The number of hydrogen-bond acceptors (Lipinski definition) is 1. The van der Waals surface area contributed by atoms with Crippen molar-refractivity contribution in [1.82, 2.24) is 10.3 Å². The Balaban J connectivity index is 1.65. The molecule has 0 saturated heterocycles. The van der Waals surface area contributed by atoms with Gasteiger partial charge in [0.05, 0.1) is 6.04 Å². The molecule has 0 aliphatic heterocycles. The van der Waals surface area contributed by atoms with Crippen LogP contribution in [0, 0.1) is 5.82 Å². The van der Waals surface area contributed by atoms with Crippen molar-refractivity contribution in [2.75, 3.05) is 0 Å². The quantitative estimate of drug-likeness (QED) is 0.647. The lowest BCUT2D eigenvalue weighted by Crippen LogP contribution is -2.31. The molecule has 0 bridgehead atoms. The van der Waals surface area contributed by atoms with Gasteiger partial charge in [-0.15, -0.1) is 0 Å². The van der Waals surface area contributed by atoms with Crippen LogP contribution in [0.15, 0.2) is 46.9 Å². The van der Waals surface area contributed by atoms with E-state index >= 15 is 0 Å². The number of nitrogens with one attached hydrogen (secondary N) is 2. The molecule has 24 heavy (non-hydrogen) atoms. The van der Waals surface area contributed by atoms with Gasteiger partial charge in [-0.05, 0) is 67.3 Å². The number of halogens is 2. The Morgan fingerprint density at radius 3 is 2.79 bits per heavy atom. The summed E-state index contributed by atoms with van der Waals surface area (Å²) in [5.41, 5.74) is 3.93. The number of aromatic nitrogens is 1. The van der Waals surface area contributed by atoms with Crippen LogP contribution in [0.5, 0.6) is 0 Å². The molecular formula is C19H16BrFN2O. The minimum Gasteiger partial charge on any atom is -0.356 e. The van der Waals surface area contributed by atoms with Gasteiger partial charge in [0.15, 0.2) is 0 Å². The molecule has 3 nitrogen and oxygen atoms in total. The van der Waals surface area contributed by atoms with Gasteiger partial charge in [-0.2, -0.15) is 0 Å². The number of rotatable bonds is 2. The summed E-state index contributed by atoms with van der Waals surface area (Å²) >= 11 is 3.52. The summed E-state index contributed by atoms with van der Waals surface area (Å²) in [5, 5.41) is 4.29. The number of H-pyrrole nitrogens is 1. The van der Waals surface area contributed by atoms with Crippen LogP contribution >= 0.6 is 15.9 Å². The van der Waals surface area contributed by atoms with Gasteiger partial charge < -0.3 is 10.3 Å². The van der Waals surface area contributed by atoms with E-state index < -0.39 is 0 Å². The van der Waals surface area contributed by atoms with E-state index in [9.17, 15) is 9.18 Å². The first-order valence-electron chi connectivity index (χ1n) is 7.98. The largest absolute Gasteiger partial charge is 0.356 e. The Kier molecular flexibility index (Phi) is 3.88. The maximum absolute atomic E-state index is 13.0. The topological polar surface area (TPSA) is 44.9 Å². The molecule has 1 heterocycles. The lowest BCUT2D eigenvalue weighted by atomic mass is 9.91. The van der Waals surface area contributed by atoms with E-state index in [0.29, 0.717) is 5.56 Å². The van der Waals surface area contributed by atoms with Crippen LogP contribution in [-0.2, 0) is 6.42 Å². The van der Waals surface area contributed by atoms with Crippen molar-refractivity contribution in [1.29, 1.82) is 0 Å². The molecule has 0 radical (unpaired) electrons. The lowest BCUT2D eigenvalue weighted by Gasteiger charge is -2.24. The highest BCUT2D eigenvalue weighted by atomic mass is 79.9. The van der Waals surface area contributed by atoms with E-state index in [-0.39, 0.29) is 17.8 Å². The highest BCUT2D eigenvalue weighted by Gasteiger charge is 2.25. The van der Waals surface area contributed by atoms with Gasteiger partial charge in [0.25, 0.3) is 5.91 Å². The second kappa shape index (κ2) is 6.06. The van der Waals surface area contributed by atoms with Crippen LogP contribution in [0.2, 0.25) is 0 Å². The minimum absolute atomic E-state index is 0.0440. The lowest BCUT2D eigenvalue weighted by molar-refractivity contribution is 0.0932. The molecule has 0 unspecified atom stereocenters. The molecule has 4 rings (SSSR count). The first-order valence-corrected chi connectivity index (χ1v) is 8.77. The highest BCUT2D eigenvalue weighted by molar-refractivity contribution is 9.10. The van der Waals surface area contributed by atoms with Crippen LogP contribution in [0.1, 0.15) is 40.5 Å². The Labute approximate surface area is 147 Å². The Morgan fingerprint density at radius 2 is 2.00 bits per heavy atom. The van der Waals surface area contributed by atoms with Crippen molar-refractivity contribution in [3.05, 3.63) is 69.6 Å². The Bertz CT molecular complexity index is 917. The SMILES string of the molecule is O=C(N[C@@H]1CCCc2c1[nH]c1ccc(Br)cc21)c1ccc(F)cc1. The molecule has 122 valence electrons. The fourth-order valence-electron chi connectivity index (χ4n) is 3.42. The molecule has 2 aromatic carbocycles.